The van der Waals surface area contributed by atoms with Crippen LogP contribution in [0.15, 0.2) is 76.1 Å². The molecule has 0 aromatic heterocycles. The topological polar surface area (TPSA) is 79.5 Å². The molecule has 0 saturated carbocycles. The summed E-state index contributed by atoms with van der Waals surface area (Å²) in [5, 5.41) is 6.83. The van der Waals surface area contributed by atoms with Crippen LogP contribution in [0, 0.1) is 0 Å². The number of anilines is 3. The van der Waals surface area contributed by atoms with Gasteiger partial charge in [-0.3, -0.25) is 4.72 Å². The average molecular weight is 527 g/mol. The van der Waals surface area contributed by atoms with Crippen molar-refractivity contribution in [2.24, 2.45) is 0 Å². The molecule has 0 spiro atoms. The number of nitrogens with one attached hydrogen (secondary N) is 3. The van der Waals surface area contributed by atoms with E-state index in [9.17, 15) is 8.42 Å². The first kappa shape index (κ1) is 22.4. The molecule has 3 aromatic rings. The molecule has 156 valence electrons. The first-order valence-corrected chi connectivity index (χ1v) is 11.6. The van der Waals surface area contributed by atoms with Crippen LogP contribution in [0.5, 0.6) is 5.75 Å². The van der Waals surface area contributed by atoms with E-state index in [0.717, 1.165) is 4.47 Å². The van der Waals surface area contributed by atoms with Crippen LogP contribution < -0.4 is 20.1 Å². The Hall–Kier alpha value is -2.33. The number of halogens is 2. The molecular weight excluding hydrogens is 510 g/mol. The summed E-state index contributed by atoms with van der Waals surface area (Å²) in [6, 6.07) is 18.2. The number of hydrogen-bond acceptors (Lipinski definition) is 4. The molecule has 3 rings (SSSR count). The van der Waals surface area contributed by atoms with Crippen molar-refractivity contribution < 1.29 is 13.2 Å². The Kier molecular flexibility index (Phi) is 7.19. The molecule has 3 aromatic carbocycles. The van der Waals surface area contributed by atoms with Gasteiger partial charge >= 0.3 is 0 Å². The second-order valence-electron chi connectivity index (χ2n) is 6.06. The van der Waals surface area contributed by atoms with Gasteiger partial charge in [-0.25, -0.2) is 8.42 Å². The number of rotatable bonds is 6. The molecule has 0 fully saturated rings. The molecule has 30 heavy (non-hydrogen) atoms. The normalized spacial score (nSPS) is 10.9. The maximum Gasteiger partial charge on any atom is 0.261 e. The number of hydrogen-bond donors (Lipinski definition) is 3. The first-order valence-electron chi connectivity index (χ1n) is 8.57. The second-order valence-corrected chi connectivity index (χ2v) is 9.48. The van der Waals surface area contributed by atoms with Gasteiger partial charge < -0.3 is 15.4 Å². The lowest BCUT2D eigenvalue weighted by Gasteiger charge is -2.13. The van der Waals surface area contributed by atoms with Gasteiger partial charge in [0.1, 0.15) is 5.75 Å². The van der Waals surface area contributed by atoms with Gasteiger partial charge in [0.05, 0.1) is 22.7 Å². The van der Waals surface area contributed by atoms with Gasteiger partial charge in [-0.1, -0.05) is 27.5 Å². The molecule has 6 nitrogen and oxygen atoms in total. The Balaban J connectivity index is 1.65. The summed E-state index contributed by atoms with van der Waals surface area (Å²) < 4.78 is 33.6. The molecule has 10 heteroatoms. The number of methoxy groups -OCH3 is 1. The predicted octanol–water partition coefficient (Wildman–Crippen LogP) is 5.72. The van der Waals surface area contributed by atoms with Crippen LogP contribution in [0.3, 0.4) is 0 Å². The fourth-order valence-electron chi connectivity index (χ4n) is 2.47. The van der Waals surface area contributed by atoms with E-state index < -0.39 is 10.0 Å². The van der Waals surface area contributed by atoms with Gasteiger partial charge in [-0.2, -0.15) is 0 Å². The lowest BCUT2D eigenvalue weighted by molar-refractivity contribution is 0.415. The molecule has 0 heterocycles. The highest BCUT2D eigenvalue weighted by molar-refractivity contribution is 9.10. The van der Waals surface area contributed by atoms with Crippen LogP contribution in [0.1, 0.15) is 0 Å². The number of sulfonamides is 1. The maximum absolute atomic E-state index is 12.6. The van der Waals surface area contributed by atoms with Gasteiger partial charge in [0.25, 0.3) is 10.0 Å². The highest BCUT2D eigenvalue weighted by Gasteiger charge is 2.14. The van der Waals surface area contributed by atoms with Gasteiger partial charge in [0, 0.05) is 15.8 Å². The molecule has 0 amide bonds. The van der Waals surface area contributed by atoms with Crippen LogP contribution in [0.2, 0.25) is 5.02 Å². The van der Waals surface area contributed by atoms with E-state index in [4.69, 9.17) is 28.6 Å². The van der Waals surface area contributed by atoms with Gasteiger partial charge in [-0.05, 0) is 78.9 Å². The van der Waals surface area contributed by atoms with Crippen LogP contribution in [0.25, 0.3) is 0 Å². The minimum atomic E-state index is -3.73. The van der Waals surface area contributed by atoms with E-state index in [2.05, 4.69) is 31.3 Å². The second kappa shape index (κ2) is 9.65. The van der Waals surface area contributed by atoms with Crippen molar-refractivity contribution >= 4 is 71.9 Å². The fraction of sp³-hybridized carbons (Fsp3) is 0.0500. The highest BCUT2D eigenvalue weighted by atomic mass is 79.9. The Morgan fingerprint density at radius 3 is 2.20 bits per heavy atom. The van der Waals surface area contributed by atoms with Gasteiger partial charge in [0.2, 0.25) is 0 Å². The molecule has 0 atom stereocenters. The number of benzene rings is 3. The third-order valence-electron chi connectivity index (χ3n) is 3.94. The Morgan fingerprint density at radius 2 is 1.60 bits per heavy atom. The van der Waals surface area contributed by atoms with Crippen LogP contribution in [-0.2, 0) is 10.0 Å². The Bertz CT molecular complexity index is 1150. The quantitative estimate of drug-likeness (QED) is 0.357. The third-order valence-corrected chi connectivity index (χ3v) is 6.35. The van der Waals surface area contributed by atoms with Crippen molar-refractivity contribution in [3.63, 3.8) is 0 Å². The molecule has 0 saturated heterocycles. The fourth-order valence-corrected chi connectivity index (χ4v) is 4.47. The zero-order valence-electron chi connectivity index (χ0n) is 15.6. The molecule has 0 bridgehead atoms. The lowest BCUT2D eigenvalue weighted by atomic mass is 10.3. The third kappa shape index (κ3) is 5.85. The molecule has 0 unspecified atom stereocenters. The molecule has 0 radical (unpaired) electrons. The van der Waals surface area contributed by atoms with Crippen molar-refractivity contribution in [2.45, 2.75) is 4.90 Å². The summed E-state index contributed by atoms with van der Waals surface area (Å²) in [6.07, 6.45) is 0. The first-order chi connectivity index (χ1) is 14.3. The summed E-state index contributed by atoms with van der Waals surface area (Å²) in [5.74, 6) is 0.641. The highest BCUT2D eigenvalue weighted by Crippen LogP contribution is 2.26. The van der Waals surface area contributed by atoms with Crippen molar-refractivity contribution in [3.05, 3.63) is 76.2 Å². The van der Waals surface area contributed by atoms with E-state index >= 15 is 0 Å². The van der Waals surface area contributed by atoms with Crippen molar-refractivity contribution in [1.29, 1.82) is 0 Å². The summed E-state index contributed by atoms with van der Waals surface area (Å²) in [5.41, 5.74) is 1.72. The van der Waals surface area contributed by atoms with E-state index in [-0.39, 0.29) is 4.90 Å². The predicted molar refractivity (Wildman–Crippen MR) is 129 cm³/mol. The van der Waals surface area contributed by atoms with Gasteiger partial charge in [-0.15, -0.1) is 0 Å². The number of thiocarbonyl (C=S) groups is 1. The van der Waals surface area contributed by atoms with Crippen molar-refractivity contribution in [2.75, 3.05) is 22.5 Å². The van der Waals surface area contributed by atoms with Crippen LogP contribution in [-0.4, -0.2) is 20.6 Å². The largest absolute Gasteiger partial charge is 0.497 e. The smallest absolute Gasteiger partial charge is 0.261 e. The standard InChI is InChI=1S/C20H17BrClN3O3S2/c1-28-16-7-3-15(4-8-16)25-30(26,27)17-9-5-14(6-10-17)23-20(29)24-19-11-2-13(21)12-18(19)22/h2-12,25H,1H3,(H2,23,24,29). The summed E-state index contributed by atoms with van der Waals surface area (Å²) in [7, 11) is -2.18. The molecule has 0 aliphatic carbocycles. The van der Waals surface area contributed by atoms with Crippen LogP contribution >= 0.6 is 39.7 Å². The van der Waals surface area contributed by atoms with E-state index in [1.54, 1.807) is 55.6 Å². The Labute approximate surface area is 193 Å². The summed E-state index contributed by atoms with van der Waals surface area (Å²) >= 11 is 14.8. The summed E-state index contributed by atoms with van der Waals surface area (Å²) in [6.45, 7) is 0. The van der Waals surface area contributed by atoms with E-state index in [1.807, 2.05) is 6.07 Å². The molecule has 0 aliphatic rings. The summed E-state index contributed by atoms with van der Waals surface area (Å²) in [4.78, 5) is 0.124. The molecule has 0 aliphatic heterocycles. The lowest BCUT2D eigenvalue weighted by Crippen LogP contribution is -2.19. The minimum absolute atomic E-state index is 0.124. The zero-order valence-corrected chi connectivity index (χ0v) is 19.6. The number of ether oxygens (including phenoxy) is 1. The van der Waals surface area contributed by atoms with E-state index in [0.29, 0.717) is 32.9 Å². The monoisotopic (exact) mass is 525 g/mol. The van der Waals surface area contributed by atoms with Gasteiger partial charge in [0.15, 0.2) is 5.11 Å². The zero-order chi connectivity index (χ0) is 21.7. The SMILES string of the molecule is COc1ccc(NS(=O)(=O)c2ccc(NC(=S)Nc3ccc(Br)cc3Cl)cc2)cc1. The molecule has 3 N–H and O–H groups in total. The minimum Gasteiger partial charge on any atom is -0.497 e. The van der Waals surface area contributed by atoms with Crippen molar-refractivity contribution in [3.8, 4) is 5.75 Å². The van der Waals surface area contributed by atoms with Crippen molar-refractivity contribution in [1.82, 2.24) is 0 Å². The van der Waals surface area contributed by atoms with E-state index in [1.165, 1.54) is 12.1 Å². The van der Waals surface area contributed by atoms with Crippen LogP contribution in [0.4, 0.5) is 17.1 Å². The average Bonchev–Trinajstić information content (AvgIpc) is 2.71. The molecular formula is C20H17BrClN3O3S2. The Morgan fingerprint density at radius 1 is 0.967 bits per heavy atom. The maximum atomic E-state index is 12.6.